The molecule has 0 amide bonds. The maximum absolute atomic E-state index is 6.01. The molecule has 2 aromatic rings. The fraction of sp³-hybridized carbons (Fsp3) is 0.417. The minimum absolute atomic E-state index is 0.559. The first-order valence-electron chi connectivity index (χ1n) is 5.28. The lowest BCUT2D eigenvalue weighted by Gasteiger charge is -1.99. The van der Waals surface area contributed by atoms with E-state index >= 15 is 0 Å². The van der Waals surface area contributed by atoms with Crippen LogP contribution in [-0.2, 0) is 0 Å². The van der Waals surface area contributed by atoms with Crippen molar-refractivity contribution in [3.63, 3.8) is 0 Å². The highest BCUT2D eigenvalue weighted by atomic mass is 15.1. The summed E-state index contributed by atoms with van der Waals surface area (Å²) in [5.41, 5.74) is 3.91. The Morgan fingerprint density at radius 2 is 2.07 bits per heavy atom. The van der Waals surface area contributed by atoms with Crippen molar-refractivity contribution in [2.24, 2.45) is 0 Å². The number of nitrogens with zero attached hydrogens (tertiary/aromatic N) is 3. The standard InChI is InChI=1S/C12H13N3/c1-7-6-8(2)13-12-10(7)14-11(15(12)3)9-4-5-9/h3,6,9H,4-5H2,1-2H3. The second kappa shape index (κ2) is 2.81. The molecule has 1 fully saturated rings. The minimum Gasteiger partial charge on any atom is -0.305 e. The highest BCUT2D eigenvalue weighted by Crippen LogP contribution is 2.40. The van der Waals surface area contributed by atoms with Crippen LogP contribution >= 0.6 is 0 Å². The summed E-state index contributed by atoms with van der Waals surface area (Å²) >= 11 is 0. The van der Waals surface area contributed by atoms with Crippen molar-refractivity contribution in [2.45, 2.75) is 32.6 Å². The van der Waals surface area contributed by atoms with Crippen molar-refractivity contribution in [3.05, 3.63) is 30.2 Å². The molecule has 0 atom stereocenters. The van der Waals surface area contributed by atoms with Gasteiger partial charge in [-0.05, 0) is 38.3 Å². The molecule has 3 rings (SSSR count). The molecule has 1 aliphatic rings. The van der Waals surface area contributed by atoms with E-state index in [2.05, 4.69) is 16.9 Å². The van der Waals surface area contributed by atoms with Crippen molar-refractivity contribution >= 4 is 11.2 Å². The van der Waals surface area contributed by atoms with E-state index in [9.17, 15) is 0 Å². The van der Waals surface area contributed by atoms with Crippen molar-refractivity contribution in [2.75, 3.05) is 0 Å². The topological polar surface area (TPSA) is 30.7 Å². The molecule has 0 saturated heterocycles. The third-order valence-corrected chi connectivity index (χ3v) is 2.94. The Kier molecular flexibility index (Phi) is 1.67. The van der Waals surface area contributed by atoms with Gasteiger partial charge in [-0.15, -0.1) is 0 Å². The molecule has 2 radical (unpaired) electrons. The fourth-order valence-corrected chi connectivity index (χ4v) is 2.02. The summed E-state index contributed by atoms with van der Waals surface area (Å²) in [6.07, 6.45) is 2.41. The minimum atomic E-state index is 0.559. The van der Waals surface area contributed by atoms with E-state index in [1.54, 1.807) is 4.57 Å². The molecule has 0 spiro atoms. The molecule has 1 saturated carbocycles. The van der Waals surface area contributed by atoms with Crippen LogP contribution in [0.2, 0.25) is 0 Å². The van der Waals surface area contributed by atoms with E-state index in [-0.39, 0.29) is 0 Å². The van der Waals surface area contributed by atoms with Crippen molar-refractivity contribution < 1.29 is 0 Å². The Morgan fingerprint density at radius 1 is 1.33 bits per heavy atom. The van der Waals surface area contributed by atoms with Crippen molar-refractivity contribution in [1.29, 1.82) is 0 Å². The van der Waals surface area contributed by atoms with Gasteiger partial charge in [0, 0.05) is 11.6 Å². The largest absolute Gasteiger partial charge is 0.305 e. The van der Waals surface area contributed by atoms with Gasteiger partial charge in [0.2, 0.25) is 0 Å². The predicted octanol–water partition coefficient (Wildman–Crippen LogP) is 2.44. The quantitative estimate of drug-likeness (QED) is 0.706. The molecule has 0 unspecified atom stereocenters. The van der Waals surface area contributed by atoms with Crippen LogP contribution in [-0.4, -0.2) is 14.5 Å². The van der Waals surface area contributed by atoms with E-state index in [0.717, 1.165) is 28.2 Å². The highest BCUT2D eigenvalue weighted by Gasteiger charge is 2.29. The summed E-state index contributed by atoms with van der Waals surface area (Å²) in [7, 11) is 6.01. The van der Waals surface area contributed by atoms with Gasteiger partial charge in [0.15, 0.2) is 5.65 Å². The lowest BCUT2D eigenvalue weighted by atomic mass is 10.2. The molecule has 76 valence electrons. The number of hydrogen-bond donors (Lipinski definition) is 0. The first-order chi connectivity index (χ1) is 7.16. The Labute approximate surface area is 89.2 Å². The van der Waals surface area contributed by atoms with Gasteiger partial charge in [-0.25, -0.2) is 9.97 Å². The van der Waals surface area contributed by atoms with Crippen LogP contribution in [0.25, 0.3) is 11.2 Å². The van der Waals surface area contributed by atoms with Gasteiger partial charge in [-0.1, -0.05) is 0 Å². The molecule has 0 N–H and O–H groups in total. The zero-order valence-corrected chi connectivity index (χ0v) is 8.99. The predicted molar refractivity (Wildman–Crippen MR) is 58.7 cm³/mol. The van der Waals surface area contributed by atoms with E-state index in [1.165, 1.54) is 12.8 Å². The maximum atomic E-state index is 6.01. The number of hydrogen-bond acceptors (Lipinski definition) is 2. The van der Waals surface area contributed by atoms with Gasteiger partial charge < -0.3 is 4.57 Å². The lowest BCUT2D eigenvalue weighted by molar-refractivity contribution is 0.887. The molecular weight excluding hydrogens is 186 g/mol. The third kappa shape index (κ3) is 1.26. The van der Waals surface area contributed by atoms with Crippen LogP contribution in [0.1, 0.15) is 35.8 Å². The zero-order valence-electron chi connectivity index (χ0n) is 8.99. The number of aromatic nitrogens is 3. The molecular formula is C12H13N3. The van der Waals surface area contributed by atoms with Crippen molar-refractivity contribution in [3.8, 4) is 0 Å². The van der Waals surface area contributed by atoms with E-state index in [0.29, 0.717) is 5.92 Å². The van der Waals surface area contributed by atoms with Gasteiger partial charge in [-0.3, -0.25) is 0 Å². The first kappa shape index (κ1) is 8.89. The number of fused-ring (bicyclic) bond motifs is 1. The molecule has 3 heteroatoms. The van der Waals surface area contributed by atoms with Crippen LogP contribution in [0.5, 0.6) is 0 Å². The highest BCUT2D eigenvalue weighted by molar-refractivity contribution is 5.76. The third-order valence-electron chi connectivity index (χ3n) is 2.94. The normalized spacial score (nSPS) is 16.2. The Morgan fingerprint density at radius 3 is 2.73 bits per heavy atom. The van der Waals surface area contributed by atoms with Crippen molar-refractivity contribution in [1.82, 2.24) is 14.5 Å². The van der Waals surface area contributed by atoms with Crippen LogP contribution in [0, 0.1) is 20.9 Å². The molecule has 2 aromatic heterocycles. The number of pyridine rings is 1. The van der Waals surface area contributed by atoms with Gasteiger partial charge in [0.05, 0.1) is 7.05 Å². The molecule has 0 aromatic carbocycles. The molecule has 0 aliphatic heterocycles. The first-order valence-corrected chi connectivity index (χ1v) is 5.28. The Balaban J connectivity index is 2.34. The Bertz CT molecular complexity index is 535. The lowest BCUT2D eigenvalue weighted by Crippen LogP contribution is -1.94. The summed E-state index contributed by atoms with van der Waals surface area (Å²) in [5, 5.41) is 0. The van der Waals surface area contributed by atoms with E-state index in [1.807, 2.05) is 13.0 Å². The summed E-state index contributed by atoms with van der Waals surface area (Å²) in [6, 6.07) is 2.05. The molecule has 3 nitrogen and oxygen atoms in total. The summed E-state index contributed by atoms with van der Waals surface area (Å²) in [6.45, 7) is 4.04. The van der Waals surface area contributed by atoms with Gasteiger partial charge in [-0.2, -0.15) is 0 Å². The van der Waals surface area contributed by atoms with Gasteiger partial charge in [0.1, 0.15) is 11.3 Å². The van der Waals surface area contributed by atoms with E-state index < -0.39 is 0 Å². The fourth-order valence-electron chi connectivity index (χ4n) is 2.02. The molecule has 0 bridgehead atoms. The van der Waals surface area contributed by atoms with Crippen LogP contribution in [0.15, 0.2) is 6.07 Å². The molecule has 2 heterocycles. The second-order valence-corrected chi connectivity index (χ2v) is 4.37. The van der Waals surface area contributed by atoms with Crippen LogP contribution in [0.3, 0.4) is 0 Å². The Hall–Kier alpha value is -1.38. The number of rotatable bonds is 1. The van der Waals surface area contributed by atoms with Gasteiger partial charge in [0.25, 0.3) is 0 Å². The van der Waals surface area contributed by atoms with Crippen LogP contribution in [0.4, 0.5) is 0 Å². The van der Waals surface area contributed by atoms with Gasteiger partial charge >= 0.3 is 0 Å². The zero-order chi connectivity index (χ0) is 10.6. The second-order valence-electron chi connectivity index (χ2n) is 4.37. The summed E-state index contributed by atoms with van der Waals surface area (Å²) in [4.78, 5) is 9.03. The average Bonchev–Trinajstić information content (AvgIpc) is 2.94. The molecule has 1 aliphatic carbocycles. The number of imidazole rings is 1. The summed E-state index contributed by atoms with van der Waals surface area (Å²) in [5.74, 6) is 1.55. The van der Waals surface area contributed by atoms with Crippen LogP contribution < -0.4 is 0 Å². The monoisotopic (exact) mass is 199 g/mol. The number of aryl methyl sites for hydroxylation is 2. The maximum Gasteiger partial charge on any atom is 0.160 e. The molecule has 15 heavy (non-hydrogen) atoms. The average molecular weight is 199 g/mol. The van der Waals surface area contributed by atoms with E-state index in [4.69, 9.17) is 7.05 Å². The summed E-state index contributed by atoms with van der Waals surface area (Å²) < 4.78 is 1.66. The SMILES string of the molecule is [CH]n1c(C2CC2)nc2c(C)cc(C)nc21. The smallest absolute Gasteiger partial charge is 0.160 e.